The van der Waals surface area contributed by atoms with Crippen molar-refractivity contribution in [2.75, 3.05) is 0 Å². The predicted octanol–water partition coefficient (Wildman–Crippen LogP) is 2.28. The molecule has 2 N–H and O–H groups in total. The fourth-order valence-corrected chi connectivity index (χ4v) is 6.66. The highest BCUT2D eigenvalue weighted by Crippen LogP contribution is 2.53. The molecule has 0 aromatic heterocycles. The van der Waals surface area contributed by atoms with Crippen molar-refractivity contribution in [3.63, 3.8) is 0 Å². The van der Waals surface area contributed by atoms with Gasteiger partial charge in [0.15, 0.2) is 0 Å². The fraction of sp³-hybridized carbons (Fsp3) is 0.647. The summed E-state index contributed by atoms with van der Waals surface area (Å²) in [7, 11) is -2.39. The zero-order valence-corrected chi connectivity index (χ0v) is 17.8. The predicted molar refractivity (Wildman–Crippen MR) is 101 cm³/mol. The lowest BCUT2D eigenvalue weighted by Gasteiger charge is -2.46. The number of thioether (sulfide) groups is 1. The summed E-state index contributed by atoms with van der Waals surface area (Å²) in [5.41, 5.74) is 0. The summed E-state index contributed by atoms with van der Waals surface area (Å²) in [5.74, 6) is -1.24. The summed E-state index contributed by atoms with van der Waals surface area (Å²) < 4.78 is 4.87. The largest absolute Gasteiger partial charge is 0.512 e. The maximum absolute atomic E-state index is 13.2. The summed E-state index contributed by atoms with van der Waals surface area (Å²) in [4.78, 5) is 50.0. The Morgan fingerprint density at radius 3 is 2.41 bits per heavy atom. The Kier molecular flexibility index (Phi) is 4.70. The molecule has 10 heteroatoms. The standard InChI is InChI=1S/C17H24N2O6SSi/c1-17(2,3)27(4,5)15(22)11-12(21)19-13(25-16(23)24)9(26-14(11)19)6-8-7-10(20)18-8/h8,11,14H,6-7H2,1-5H3,(H,18,20)(H,23,24)/t8-,11-,14-/m1/s1. The van der Waals surface area contributed by atoms with Crippen molar-refractivity contribution in [1.29, 1.82) is 0 Å². The van der Waals surface area contributed by atoms with Gasteiger partial charge in [-0.3, -0.25) is 14.5 Å². The number of carbonyl (C=O) groups excluding carboxylic acids is 3. The first kappa shape index (κ1) is 19.9. The third kappa shape index (κ3) is 3.18. The molecule has 0 unspecified atom stereocenters. The van der Waals surface area contributed by atoms with Crippen LogP contribution < -0.4 is 5.32 Å². The van der Waals surface area contributed by atoms with E-state index in [1.165, 1.54) is 16.7 Å². The Hall–Kier alpha value is -1.81. The third-order valence-electron chi connectivity index (χ3n) is 5.95. The number of nitrogens with zero attached hydrogens (tertiary/aromatic N) is 1. The number of nitrogens with one attached hydrogen (secondary N) is 1. The highest BCUT2D eigenvalue weighted by molar-refractivity contribution is 8.04. The first-order valence-corrected chi connectivity index (χ1v) is 12.7. The maximum Gasteiger partial charge on any atom is 0.512 e. The van der Waals surface area contributed by atoms with Crippen LogP contribution in [0.4, 0.5) is 4.79 Å². The Bertz CT molecular complexity index is 764. The molecule has 3 atom stereocenters. The highest BCUT2D eigenvalue weighted by Gasteiger charge is 2.62. The molecule has 0 saturated carbocycles. The molecular formula is C17H24N2O6SSi. The van der Waals surface area contributed by atoms with Crippen molar-refractivity contribution in [1.82, 2.24) is 10.2 Å². The van der Waals surface area contributed by atoms with E-state index in [-0.39, 0.29) is 28.3 Å². The van der Waals surface area contributed by atoms with Crippen LogP contribution in [0, 0.1) is 5.92 Å². The highest BCUT2D eigenvalue weighted by atomic mass is 32.2. The van der Waals surface area contributed by atoms with Gasteiger partial charge in [0.1, 0.15) is 24.8 Å². The molecule has 3 heterocycles. The number of fused-ring (bicyclic) bond motifs is 1. The lowest BCUT2D eigenvalue weighted by atomic mass is 9.99. The molecule has 3 aliphatic rings. The molecule has 0 aromatic rings. The van der Waals surface area contributed by atoms with Crippen LogP contribution in [0.5, 0.6) is 0 Å². The Morgan fingerprint density at radius 2 is 1.93 bits per heavy atom. The second kappa shape index (κ2) is 6.37. The Balaban J connectivity index is 1.82. The van der Waals surface area contributed by atoms with Crippen molar-refractivity contribution in [3.05, 3.63) is 10.8 Å². The van der Waals surface area contributed by atoms with Crippen LogP contribution in [0.3, 0.4) is 0 Å². The lowest BCUT2D eigenvalue weighted by Crippen LogP contribution is -2.65. The van der Waals surface area contributed by atoms with E-state index in [9.17, 15) is 19.2 Å². The summed E-state index contributed by atoms with van der Waals surface area (Å²) in [6.07, 6.45) is -0.760. The van der Waals surface area contributed by atoms with E-state index in [0.717, 1.165) is 0 Å². The summed E-state index contributed by atoms with van der Waals surface area (Å²) >= 11 is 1.30. The van der Waals surface area contributed by atoms with Crippen LogP contribution >= 0.6 is 11.8 Å². The molecule has 0 aliphatic carbocycles. The zero-order chi connectivity index (χ0) is 20.3. The van der Waals surface area contributed by atoms with Crippen LogP contribution in [-0.2, 0) is 19.1 Å². The van der Waals surface area contributed by atoms with Gasteiger partial charge in [0.25, 0.3) is 0 Å². The molecule has 27 heavy (non-hydrogen) atoms. The Morgan fingerprint density at radius 1 is 1.33 bits per heavy atom. The summed E-state index contributed by atoms with van der Waals surface area (Å²) in [5, 5.41) is 11.1. The van der Waals surface area contributed by atoms with E-state index in [4.69, 9.17) is 9.84 Å². The van der Waals surface area contributed by atoms with Gasteiger partial charge >= 0.3 is 6.16 Å². The topological polar surface area (TPSA) is 113 Å². The molecular weight excluding hydrogens is 388 g/mol. The van der Waals surface area contributed by atoms with Crippen molar-refractivity contribution in [2.24, 2.45) is 5.92 Å². The molecule has 0 aromatic carbocycles. The van der Waals surface area contributed by atoms with E-state index in [1.807, 2.05) is 33.9 Å². The Labute approximate surface area is 162 Å². The number of carbonyl (C=O) groups is 4. The summed E-state index contributed by atoms with van der Waals surface area (Å²) in [6.45, 7) is 9.99. The molecule has 2 amide bonds. The molecule has 2 saturated heterocycles. The molecule has 0 spiro atoms. The molecule has 0 bridgehead atoms. The smallest absolute Gasteiger partial charge is 0.449 e. The van der Waals surface area contributed by atoms with Gasteiger partial charge in [-0.05, 0) is 5.04 Å². The quantitative estimate of drug-likeness (QED) is 0.308. The van der Waals surface area contributed by atoms with Crippen LogP contribution in [0.2, 0.25) is 18.1 Å². The number of ether oxygens (including phenoxy) is 1. The van der Waals surface area contributed by atoms with Crippen LogP contribution in [0.1, 0.15) is 33.6 Å². The molecule has 148 valence electrons. The fourth-order valence-electron chi connectivity index (χ4n) is 3.23. The van der Waals surface area contributed by atoms with E-state index in [0.29, 0.717) is 17.7 Å². The normalized spacial score (nSPS) is 27.6. The van der Waals surface area contributed by atoms with E-state index in [2.05, 4.69) is 5.32 Å². The van der Waals surface area contributed by atoms with Gasteiger partial charge in [-0.15, -0.1) is 0 Å². The van der Waals surface area contributed by atoms with Crippen molar-refractivity contribution >= 4 is 43.2 Å². The van der Waals surface area contributed by atoms with Crippen LogP contribution in [-0.4, -0.2) is 52.9 Å². The van der Waals surface area contributed by atoms with E-state index >= 15 is 0 Å². The number of carboxylic acid groups (broad SMARTS) is 1. The van der Waals surface area contributed by atoms with Gasteiger partial charge in [-0.2, -0.15) is 0 Å². The number of hydrogen-bond acceptors (Lipinski definition) is 6. The second-order valence-electron chi connectivity index (χ2n) is 8.70. The SMILES string of the molecule is CC(C)(C)[Si](C)(C)C(=O)[C@@H]1C(=O)N2C(OC(=O)O)=C(C[C@@H]3CC(=O)N3)S[C@H]12. The van der Waals surface area contributed by atoms with E-state index in [1.54, 1.807) is 0 Å². The molecule has 2 fully saturated rings. The van der Waals surface area contributed by atoms with Gasteiger partial charge in [0.05, 0.1) is 4.91 Å². The molecule has 8 nitrogen and oxygen atoms in total. The second-order valence-corrected chi connectivity index (χ2v) is 15.2. The zero-order valence-electron chi connectivity index (χ0n) is 16.0. The van der Waals surface area contributed by atoms with Crippen molar-refractivity contribution < 1.29 is 29.0 Å². The van der Waals surface area contributed by atoms with Gasteiger partial charge in [-0.1, -0.05) is 45.6 Å². The number of hydrogen-bond donors (Lipinski definition) is 2. The minimum Gasteiger partial charge on any atom is -0.449 e. The molecule has 3 aliphatic heterocycles. The minimum atomic E-state index is -2.39. The van der Waals surface area contributed by atoms with Gasteiger partial charge in [0, 0.05) is 18.9 Å². The summed E-state index contributed by atoms with van der Waals surface area (Å²) in [6, 6.07) is -0.101. The first-order chi connectivity index (χ1) is 12.3. The number of β-lactam (4-membered cyclic amide) rings is 2. The van der Waals surface area contributed by atoms with Crippen LogP contribution in [0.25, 0.3) is 0 Å². The lowest BCUT2D eigenvalue weighted by molar-refractivity contribution is -0.153. The number of rotatable bonds is 5. The van der Waals surface area contributed by atoms with Crippen molar-refractivity contribution in [3.8, 4) is 0 Å². The van der Waals surface area contributed by atoms with E-state index < -0.39 is 31.4 Å². The number of amides is 2. The minimum absolute atomic E-state index is 0.0112. The van der Waals surface area contributed by atoms with Crippen molar-refractivity contribution in [2.45, 2.75) is 63.2 Å². The first-order valence-electron chi connectivity index (χ1n) is 8.82. The van der Waals surface area contributed by atoms with Crippen LogP contribution in [0.15, 0.2) is 10.8 Å². The molecule has 3 rings (SSSR count). The van der Waals surface area contributed by atoms with Gasteiger partial charge in [-0.25, -0.2) is 4.79 Å². The average molecular weight is 413 g/mol. The monoisotopic (exact) mass is 412 g/mol. The average Bonchev–Trinajstić information content (AvgIpc) is 2.77. The van der Waals surface area contributed by atoms with Gasteiger partial charge < -0.3 is 20.0 Å². The maximum atomic E-state index is 13.2. The van der Waals surface area contributed by atoms with Gasteiger partial charge in [0.2, 0.25) is 17.7 Å². The molecule has 0 radical (unpaired) electrons. The third-order valence-corrected chi connectivity index (χ3v) is 12.6.